The monoisotopic (exact) mass is 294 g/mol. The first-order valence-corrected chi connectivity index (χ1v) is 6.79. The number of hydrogen-bond acceptors (Lipinski definition) is 2. The average molecular weight is 295 g/mol. The summed E-state index contributed by atoms with van der Waals surface area (Å²) in [6.45, 7) is 4.20. The number of carboxylic acid groups (broad SMARTS) is 1. The molecule has 2 aromatic rings. The van der Waals surface area contributed by atoms with Crippen LogP contribution in [0.4, 0.5) is 0 Å². The highest BCUT2D eigenvalue weighted by molar-refractivity contribution is 6.03. The molecule has 2 heterocycles. The Bertz CT molecular complexity index is 603. The van der Waals surface area contributed by atoms with Gasteiger partial charge in [-0.25, -0.2) is 4.79 Å². The van der Waals surface area contributed by atoms with E-state index in [-0.39, 0.29) is 12.4 Å². The van der Waals surface area contributed by atoms with Crippen molar-refractivity contribution in [1.82, 2.24) is 9.47 Å². The van der Waals surface area contributed by atoms with Crippen LogP contribution in [-0.2, 0) is 6.54 Å². The van der Waals surface area contributed by atoms with Crippen molar-refractivity contribution in [1.29, 1.82) is 0 Å². The summed E-state index contributed by atoms with van der Waals surface area (Å²) in [5.74, 6) is -0.851. The van der Waals surface area contributed by atoms with Gasteiger partial charge in [0.1, 0.15) is 0 Å². The maximum atomic E-state index is 11.3. The lowest BCUT2D eigenvalue weighted by atomic mass is 10.2. The number of likely N-dealkylation sites (tertiary alicyclic amines) is 1. The second-order valence-corrected chi connectivity index (χ2v) is 5.11. The molecule has 1 N–H and O–H groups in total. The van der Waals surface area contributed by atoms with Gasteiger partial charge in [0.25, 0.3) is 0 Å². The van der Waals surface area contributed by atoms with E-state index in [1.807, 2.05) is 24.3 Å². The Hall–Kier alpha value is -1.52. The Kier molecular flexibility index (Phi) is 4.68. The zero-order valence-corrected chi connectivity index (χ0v) is 12.1. The fourth-order valence-corrected chi connectivity index (χ4v) is 2.86. The molecule has 1 aliphatic heterocycles. The van der Waals surface area contributed by atoms with Gasteiger partial charge < -0.3 is 14.6 Å². The summed E-state index contributed by atoms with van der Waals surface area (Å²) in [4.78, 5) is 13.7. The van der Waals surface area contributed by atoms with Crippen molar-refractivity contribution in [2.24, 2.45) is 0 Å². The second kappa shape index (κ2) is 6.29. The highest BCUT2D eigenvalue weighted by atomic mass is 35.5. The lowest BCUT2D eigenvalue weighted by Gasteiger charge is -2.15. The van der Waals surface area contributed by atoms with Crippen molar-refractivity contribution in [2.75, 3.05) is 19.6 Å². The van der Waals surface area contributed by atoms with E-state index < -0.39 is 5.97 Å². The van der Waals surface area contributed by atoms with Gasteiger partial charge in [0, 0.05) is 30.2 Å². The first kappa shape index (κ1) is 14.9. The first-order chi connectivity index (χ1) is 9.25. The molecule has 0 unspecified atom stereocenters. The topological polar surface area (TPSA) is 45.5 Å². The fourth-order valence-electron chi connectivity index (χ4n) is 2.86. The summed E-state index contributed by atoms with van der Waals surface area (Å²) < 4.78 is 2.07. The van der Waals surface area contributed by atoms with Gasteiger partial charge in [-0.15, -0.1) is 12.4 Å². The number of halogens is 1. The molecule has 20 heavy (non-hydrogen) atoms. The van der Waals surface area contributed by atoms with Crippen LogP contribution >= 0.6 is 12.4 Å². The average Bonchev–Trinajstić information content (AvgIpc) is 3.04. The van der Waals surface area contributed by atoms with Gasteiger partial charge >= 0.3 is 5.97 Å². The van der Waals surface area contributed by atoms with Crippen molar-refractivity contribution in [2.45, 2.75) is 19.4 Å². The number of nitrogens with zero attached hydrogens (tertiary/aromatic N) is 2. The van der Waals surface area contributed by atoms with Crippen molar-refractivity contribution in [3.05, 3.63) is 36.0 Å². The minimum Gasteiger partial charge on any atom is -0.478 e. The van der Waals surface area contributed by atoms with Crippen molar-refractivity contribution in [3.63, 3.8) is 0 Å². The van der Waals surface area contributed by atoms with E-state index in [1.54, 1.807) is 6.20 Å². The molecule has 1 aromatic carbocycles. The Labute approximate surface area is 124 Å². The number of para-hydroxylation sites is 1. The molecule has 108 valence electrons. The van der Waals surface area contributed by atoms with Gasteiger partial charge in [0.15, 0.2) is 0 Å². The van der Waals surface area contributed by atoms with E-state index in [4.69, 9.17) is 0 Å². The summed E-state index contributed by atoms with van der Waals surface area (Å²) in [7, 11) is 0. The lowest BCUT2D eigenvalue weighted by Crippen LogP contribution is -2.23. The van der Waals surface area contributed by atoms with Crippen LogP contribution in [0.25, 0.3) is 10.9 Å². The van der Waals surface area contributed by atoms with Gasteiger partial charge in [-0.2, -0.15) is 0 Å². The second-order valence-electron chi connectivity index (χ2n) is 5.11. The van der Waals surface area contributed by atoms with E-state index in [0.29, 0.717) is 5.56 Å². The summed E-state index contributed by atoms with van der Waals surface area (Å²) >= 11 is 0. The quantitative estimate of drug-likeness (QED) is 0.943. The molecule has 1 saturated heterocycles. The molecule has 0 amide bonds. The van der Waals surface area contributed by atoms with E-state index in [1.165, 1.54) is 25.9 Å². The summed E-state index contributed by atoms with van der Waals surface area (Å²) in [6.07, 6.45) is 4.34. The molecular weight excluding hydrogens is 276 g/mol. The number of rotatable bonds is 4. The maximum Gasteiger partial charge on any atom is 0.337 e. The van der Waals surface area contributed by atoms with Crippen LogP contribution in [0.15, 0.2) is 30.5 Å². The zero-order valence-electron chi connectivity index (χ0n) is 11.3. The number of aromatic nitrogens is 1. The third-order valence-electron chi connectivity index (χ3n) is 3.87. The smallest absolute Gasteiger partial charge is 0.337 e. The molecule has 3 rings (SSSR count). The molecule has 0 aliphatic carbocycles. The molecule has 4 nitrogen and oxygen atoms in total. The molecule has 0 bridgehead atoms. The van der Waals surface area contributed by atoms with Gasteiger partial charge in [-0.3, -0.25) is 0 Å². The van der Waals surface area contributed by atoms with E-state index in [9.17, 15) is 9.90 Å². The third-order valence-corrected chi connectivity index (χ3v) is 3.87. The Balaban J connectivity index is 0.00000147. The Morgan fingerprint density at radius 2 is 1.85 bits per heavy atom. The van der Waals surface area contributed by atoms with Gasteiger partial charge in [0.2, 0.25) is 0 Å². The maximum absolute atomic E-state index is 11.3. The minimum absolute atomic E-state index is 0. The van der Waals surface area contributed by atoms with E-state index in [0.717, 1.165) is 24.0 Å². The number of benzene rings is 1. The normalized spacial score (nSPS) is 15.4. The number of fused-ring (bicyclic) bond motifs is 1. The molecular formula is C15H19ClN2O2. The number of hydrogen-bond donors (Lipinski definition) is 1. The van der Waals surface area contributed by atoms with Gasteiger partial charge in [-0.1, -0.05) is 18.2 Å². The van der Waals surface area contributed by atoms with Gasteiger partial charge in [0.05, 0.1) is 5.56 Å². The lowest BCUT2D eigenvalue weighted by molar-refractivity contribution is 0.0698. The highest BCUT2D eigenvalue weighted by Gasteiger charge is 2.15. The zero-order chi connectivity index (χ0) is 13.2. The van der Waals surface area contributed by atoms with Crippen LogP contribution in [0.3, 0.4) is 0 Å². The van der Waals surface area contributed by atoms with Crippen LogP contribution in [0, 0.1) is 0 Å². The fraction of sp³-hybridized carbons (Fsp3) is 0.400. The SMILES string of the molecule is Cl.O=C(O)c1cn(CCN2CCCC2)c2ccccc12. The molecule has 0 atom stereocenters. The number of aromatic carboxylic acids is 1. The standard InChI is InChI=1S/C15H18N2O2.ClH/c18-15(19)13-11-17(10-9-16-7-3-4-8-16)14-6-2-1-5-12(13)14;/h1-2,5-6,11H,3-4,7-10H2,(H,18,19);1H. The summed E-state index contributed by atoms with van der Waals surface area (Å²) in [6, 6.07) is 7.72. The van der Waals surface area contributed by atoms with Crippen LogP contribution in [0.5, 0.6) is 0 Å². The Morgan fingerprint density at radius 1 is 1.15 bits per heavy atom. The predicted molar refractivity (Wildman–Crippen MR) is 81.8 cm³/mol. The summed E-state index contributed by atoms with van der Waals surface area (Å²) in [5.41, 5.74) is 1.41. The van der Waals surface area contributed by atoms with Crippen molar-refractivity contribution < 1.29 is 9.90 Å². The first-order valence-electron chi connectivity index (χ1n) is 6.79. The molecule has 0 saturated carbocycles. The molecule has 0 radical (unpaired) electrons. The number of carbonyl (C=O) groups is 1. The van der Waals surface area contributed by atoms with Crippen molar-refractivity contribution >= 4 is 29.3 Å². The van der Waals surface area contributed by atoms with Crippen molar-refractivity contribution in [3.8, 4) is 0 Å². The predicted octanol–water partition coefficient (Wildman–Crippen LogP) is 2.86. The number of carboxylic acids is 1. The van der Waals surface area contributed by atoms with Gasteiger partial charge in [-0.05, 0) is 32.0 Å². The third kappa shape index (κ3) is 2.81. The molecule has 0 spiro atoms. The molecule has 5 heteroatoms. The highest BCUT2D eigenvalue weighted by Crippen LogP contribution is 2.21. The van der Waals surface area contributed by atoms with E-state index >= 15 is 0 Å². The van der Waals surface area contributed by atoms with Crippen LogP contribution in [-0.4, -0.2) is 40.2 Å². The Morgan fingerprint density at radius 3 is 2.55 bits per heavy atom. The summed E-state index contributed by atoms with van der Waals surface area (Å²) in [5, 5.41) is 10.1. The molecule has 1 aromatic heterocycles. The molecule has 1 fully saturated rings. The minimum atomic E-state index is -0.851. The molecule has 1 aliphatic rings. The largest absolute Gasteiger partial charge is 0.478 e. The van der Waals surface area contributed by atoms with Crippen LogP contribution in [0.1, 0.15) is 23.2 Å². The van der Waals surface area contributed by atoms with Crippen LogP contribution < -0.4 is 0 Å². The van der Waals surface area contributed by atoms with Crippen LogP contribution in [0.2, 0.25) is 0 Å². The van der Waals surface area contributed by atoms with E-state index in [2.05, 4.69) is 9.47 Å².